The Morgan fingerprint density at radius 1 is 1.00 bits per heavy atom. The molecule has 0 unspecified atom stereocenters. The van der Waals surface area contributed by atoms with E-state index in [4.69, 9.17) is 0 Å². The summed E-state index contributed by atoms with van der Waals surface area (Å²) < 4.78 is 25.8. The van der Waals surface area contributed by atoms with Gasteiger partial charge in [-0.25, -0.2) is 8.42 Å². The zero-order valence-electron chi connectivity index (χ0n) is 13.0. The molecule has 0 aliphatic rings. The van der Waals surface area contributed by atoms with Gasteiger partial charge in [0, 0.05) is 0 Å². The Balaban J connectivity index is 0.00000400. The van der Waals surface area contributed by atoms with E-state index in [-0.39, 0.29) is 60.9 Å². The van der Waals surface area contributed by atoms with Crippen molar-refractivity contribution in [1.29, 1.82) is 0 Å². The molecule has 1 aromatic rings. The van der Waals surface area contributed by atoms with Gasteiger partial charge in [0.15, 0.2) is 0 Å². The Labute approximate surface area is 159 Å². The molecule has 0 heterocycles. The van der Waals surface area contributed by atoms with Crippen LogP contribution in [0.5, 0.6) is 5.75 Å². The van der Waals surface area contributed by atoms with Crippen molar-refractivity contribution in [2.45, 2.75) is 59.0 Å². The number of phenols is 1. The Bertz CT molecular complexity index is 523. The van der Waals surface area contributed by atoms with E-state index >= 15 is 0 Å². The van der Waals surface area contributed by atoms with Crippen LogP contribution in [0.25, 0.3) is 0 Å². The van der Waals surface area contributed by atoms with E-state index in [0.29, 0.717) is 0 Å². The van der Waals surface area contributed by atoms with Crippen LogP contribution in [0.3, 0.4) is 0 Å². The summed E-state index contributed by atoms with van der Waals surface area (Å²) in [6.45, 7) is 12.0. The monoisotopic (exact) mass is 342 g/mol. The quantitative estimate of drug-likeness (QED) is 0.652. The second-order valence-electron chi connectivity index (χ2n) is 7.04. The first-order valence-corrected chi connectivity index (χ1v) is 7.66. The third-order valence-electron chi connectivity index (χ3n) is 3.12. The van der Waals surface area contributed by atoms with Crippen molar-refractivity contribution in [2.75, 3.05) is 0 Å². The van der Waals surface area contributed by atoms with Crippen molar-refractivity contribution < 1.29 is 17.7 Å². The molecule has 0 radical (unpaired) electrons. The van der Waals surface area contributed by atoms with Crippen LogP contribution in [0.2, 0.25) is 0 Å². The molecular weight excluding hydrogens is 316 g/mol. The van der Waals surface area contributed by atoms with E-state index in [2.05, 4.69) is 4.18 Å². The van der Waals surface area contributed by atoms with E-state index in [1.54, 1.807) is 0 Å². The number of hydrogen-bond donors (Lipinski definition) is 2. The molecule has 6 heteroatoms. The van der Waals surface area contributed by atoms with E-state index < -0.39 is 11.0 Å². The number of phenolic OH excluding ortho intramolecular Hbond substituents is 1. The number of thiol groups is 1. The molecule has 0 saturated carbocycles. The maximum atomic E-state index is 10.6. The predicted molar refractivity (Wildman–Crippen MR) is 89.2 cm³/mol. The number of rotatable bonds is 3. The summed E-state index contributed by atoms with van der Waals surface area (Å²) in [4.78, 5) is 0. The first-order valence-electron chi connectivity index (χ1n) is 6.57. The van der Waals surface area contributed by atoms with Gasteiger partial charge < -0.3 is 5.11 Å². The summed E-state index contributed by atoms with van der Waals surface area (Å²) >= 11 is 0. The SMILES string of the molecule is CC(C)(C)c1cc(CO[SH](=O)=O)cc(C(C)(C)C)c1O.[CaH2]. The molecule has 118 valence electrons. The second-order valence-corrected chi connectivity index (χ2v) is 7.74. The number of benzene rings is 1. The molecule has 0 bridgehead atoms. The van der Waals surface area contributed by atoms with Crippen LogP contribution in [0.1, 0.15) is 58.2 Å². The zero-order valence-corrected chi connectivity index (χ0v) is 13.9. The van der Waals surface area contributed by atoms with Gasteiger partial charge in [-0.15, -0.1) is 0 Å². The molecular formula is C15H26CaO4S. The van der Waals surface area contributed by atoms with Gasteiger partial charge in [0.2, 0.25) is 0 Å². The van der Waals surface area contributed by atoms with Crippen molar-refractivity contribution in [3.63, 3.8) is 0 Å². The van der Waals surface area contributed by atoms with Gasteiger partial charge in [-0.2, -0.15) is 0 Å². The van der Waals surface area contributed by atoms with Gasteiger partial charge in [-0.1, -0.05) is 41.5 Å². The molecule has 4 nitrogen and oxygen atoms in total. The van der Waals surface area contributed by atoms with E-state index in [0.717, 1.165) is 16.7 Å². The van der Waals surface area contributed by atoms with Gasteiger partial charge >= 0.3 is 37.7 Å². The standard InChI is InChI=1S/C15H24O4S.Ca.2H/c1-14(2,3)11-7-10(9-19-20(17)18)8-12(13(11)16)15(4,5)6;;;/h7-8,16,20H,9H2,1-6H3;;;. The van der Waals surface area contributed by atoms with Crippen LogP contribution in [-0.4, -0.2) is 51.3 Å². The average Bonchev–Trinajstić information content (AvgIpc) is 2.24. The Morgan fingerprint density at radius 3 is 1.67 bits per heavy atom. The molecule has 0 saturated heterocycles. The molecule has 0 fully saturated rings. The van der Waals surface area contributed by atoms with Crippen LogP contribution in [-0.2, 0) is 32.6 Å². The summed E-state index contributed by atoms with van der Waals surface area (Å²) in [5, 5.41) is 10.5. The van der Waals surface area contributed by atoms with Gasteiger partial charge in [-0.3, -0.25) is 4.18 Å². The fourth-order valence-electron chi connectivity index (χ4n) is 2.05. The van der Waals surface area contributed by atoms with Gasteiger partial charge in [0.05, 0.1) is 6.61 Å². The average molecular weight is 343 g/mol. The van der Waals surface area contributed by atoms with Crippen LogP contribution < -0.4 is 0 Å². The van der Waals surface area contributed by atoms with E-state index in [1.165, 1.54) is 0 Å². The molecule has 1 rings (SSSR count). The third kappa shape index (κ3) is 6.06. The van der Waals surface area contributed by atoms with Crippen molar-refractivity contribution in [2.24, 2.45) is 0 Å². The summed E-state index contributed by atoms with van der Waals surface area (Å²) in [5.74, 6) is 0.278. The molecule has 0 atom stereocenters. The van der Waals surface area contributed by atoms with Crippen LogP contribution in [0.4, 0.5) is 0 Å². The minimum atomic E-state index is -2.87. The van der Waals surface area contributed by atoms with Crippen molar-refractivity contribution >= 4 is 48.7 Å². The van der Waals surface area contributed by atoms with Crippen LogP contribution in [0.15, 0.2) is 12.1 Å². The summed E-state index contributed by atoms with van der Waals surface area (Å²) in [6, 6.07) is 3.62. The normalized spacial score (nSPS) is 12.3. The molecule has 0 aliphatic heterocycles. The molecule has 0 spiro atoms. The Hall–Kier alpha value is 0.190. The summed E-state index contributed by atoms with van der Waals surface area (Å²) in [7, 11) is -2.87. The minimum absolute atomic E-state index is 0. The molecule has 0 aromatic heterocycles. The van der Waals surface area contributed by atoms with Crippen molar-refractivity contribution in [3.05, 3.63) is 28.8 Å². The number of aromatic hydroxyl groups is 1. The maximum absolute atomic E-state index is 10.6. The van der Waals surface area contributed by atoms with Gasteiger partial charge in [0.25, 0.3) is 11.0 Å². The fourth-order valence-corrected chi connectivity index (χ4v) is 2.30. The van der Waals surface area contributed by atoms with Crippen LogP contribution in [0, 0.1) is 0 Å². The van der Waals surface area contributed by atoms with E-state index in [1.807, 2.05) is 53.7 Å². The first kappa shape index (κ1) is 21.2. The Morgan fingerprint density at radius 2 is 1.38 bits per heavy atom. The second kappa shape index (κ2) is 7.64. The molecule has 21 heavy (non-hydrogen) atoms. The Kier molecular flexibility index (Phi) is 7.71. The number of hydrogen-bond acceptors (Lipinski definition) is 4. The van der Waals surface area contributed by atoms with Gasteiger partial charge in [0.1, 0.15) is 5.75 Å². The molecule has 1 aromatic carbocycles. The first-order chi connectivity index (χ1) is 8.93. The summed E-state index contributed by atoms with van der Waals surface area (Å²) in [6.07, 6.45) is 0. The molecule has 0 amide bonds. The molecule has 0 aliphatic carbocycles. The van der Waals surface area contributed by atoms with Crippen LogP contribution >= 0.6 is 0 Å². The molecule has 1 N–H and O–H groups in total. The topological polar surface area (TPSA) is 63.6 Å². The fraction of sp³-hybridized carbons (Fsp3) is 0.600. The predicted octanol–water partition coefficient (Wildman–Crippen LogP) is 2.11. The van der Waals surface area contributed by atoms with Crippen molar-refractivity contribution in [3.8, 4) is 5.75 Å². The van der Waals surface area contributed by atoms with Crippen molar-refractivity contribution in [1.82, 2.24) is 0 Å². The van der Waals surface area contributed by atoms with Gasteiger partial charge in [-0.05, 0) is 39.7 Å². The summed E-state index contributed by atoms with van der Waals surface area (Å²) in [5.41, 5.74) is 1.87. The van der Waals surface area contributed by atoms with E-state index in [9.17, 15) is 13.5 Å². The third-order valence-corrected chi connectivity index (χ3v) is 3.46. The zero-order chi connectivity index (χ0) is 15.7.